The van der Waals surface area contributed by atoms with Crippen LogP contribution in [0.5, 0.6) is 0 Å². The van der Waals surface area contributed by atoms with E-state index in [1.807, 2.05) is 37.1 Å². The predicted octanol–water partition coefficient (Wildman–Crippen LogP) is 5.09. The zero-order chi connectivity index (χ0) is 22.9. The van der Waals surface area contributed by atoms with Crippen LogP contribution in [0.4, 0.5) is 0 Å². The number of hydrogen-bond acceptors (Lipinski definition) is 2. The smallest absolute Gasteiger partial charge is 0.242 e. The van der Waals surface area contributed by atoms with E-state index in [4.69, 9.17) is 0 Å². The Kier molecular flexibility index (Phi) is 8.48. The number of aromatic amines is 1. The maximum absolute atomic E-state index is 13.4. The van der Waals surface area contributed by atoms with Crippen LogP contribution in [0.2, 0.25) is 0 Å². The van der Waals surface area contributed by atoms with Crippen molar-refractivity contribution in [2.75, 3.05) is 19.6 Å². The Bertz CT molecular complexity index is 1020. The normalized spacial score (nSPS) is 11.0. The molecule has 170 valence electrons. The fourth-order valence-corrected chi connectivity index (χ4v) is 4.00. The molecular formula is C27H35N3O2. The van der Waals surface area contributed by atoms with Gasteiger partial charge < -0.3 is 14.8 Å². The van der Waals surface area contributed by atoms with Crippen LogP contribution in [-0.4, -0.2) is 46.2 Å². The SMILES string of the molecule is CCCC(=O)N(CCC)CC(=O)N(CCc1c[nH]c2ccccc12)Cc1ccc(C)cc1. The third-order valence-corrected chi connectivity index (χ3v) is 5.81. The van der Waals surface area contributed by atoms with E-state index in [0.29, 0.717) is 26.1 Å². The van der Waals surface area contributed by atoms with Gasteiger partial charge in [-0.1, -0.05) is 61.9 Å². The molecule has 0 saturated carbocycles. The van der Waals surface area contributed by atoms with Gasteiger partial charge in [0, 0.05) is 43.2 Å². The van der Waals surface area contributed by atoms with Gasteiger partial charge in [0.15, 0.2) is 0 Å². The number of fused-ring (bicyclic) bond motifs is 1. The highest BCUT2D eigenvalue weighted by Crippen LogP contribution is 2.19. The first-order valence-electron chi connectivity index (χ1n) is 11.7. The summed E-state index contributed by atoms with van der Waals surface area (Å²) in [7, 11) is 0. The first-order valence-corrected chi connectivity index (χ1v) is 11.7. The Balaban J connectivity index is 1.76. The molecule has 2 aromatic carbocycles. The van der Waals surface area contributed by atoms with Crippen LogP contribution in [0.1, 0.15) is 49.8 Å². The minimum absolute atomic E-state index is 0.00307. The van der Waals surface area contributed by atoms with Crippen molar-refractivity contribution in [3.05, 3.63) is 71.4 Å². The highest BCUT2D eigenvalue weighted by molar-refractivity contribution is 5.85. The lowest BCUT2D eigenvalue weighted by atomic mass is 10.1. The maximum Gasteiger partial charge on any atom is 0.242 e. The number of hydrogen-bond donors (Lipinski definition) is 1. The highest BCUT2D eigenvalue weighted by Gasteiger charge is 2.21. The molecule has 1 heterocycles. The summed E-state index contributed by atoms with van der Waals surface area (Å²) in [4.78, 5) is 32.8. The van der Waals surface area contributed by atoms with Gasteiger partial charge in [-0.2, -0.15) is 0 Å². The van der Waals surface area contributed by atoms with Crippen LogP contribution in [0, 0.1) is 6.92 Å². The van der Waals surface area contributed by atoms with Crippen LogP contribution < -0.4 is 0 Å². The van der Waals surface area contributed by atoms with E-state index in [2.05, 4.69) is 48.3 Å². The first-order chi connectivity index (χ1) is 15.5. The number of aryl methyl sites for hydroxylation is 1. The number of carbonyl (C=O) groups is 2. The van der Waals surface area contributed by atoms with E-state index in [9.17, 15) is 9.59 Å². The molecule has 0 saturated heterocycles. The van der Waals surface area contributed by atoms with Crippen molar-refractivity contribution in [3.63, 3.8) is 0 Å². The van der Waals surface area contributed by atoms with Crippen molar-refractivity contribution in [2.45, 2.75) is 53.0 Å². The van der Waals surface area contributed by atoms with Crippen molar-refractivity contribution in [2.24, 2.45) is 0 Å². The quantitative estimate of drug-likeness (QED) is 0.458. The summed E-state index contributed by atoms with van der Waals surface area (Å²) in [5, 5.41) is 1.20. The standard InChI is InChI=1S/C27H35N3O2/c1-4-8-26(31)29(16-5-2)20-27(32)30(19-22-13-11-21(3)12-14-22)17-15-23-18-28-25-10-7-6-9-24(23)25/h6-7,9-14,18,28H,4-5,8,15-17,19-20H2,1-3H3. The van der Waals surface area contributed by atoms with Crippen molar-refractivity contribution in [3.8, 4) is 0 Å². The number of aromatic nitrogens is 1. The zero-order valence-electron chi connectivity index (χ0n) is 19.6. The van der Waals surface area contributed by atoms with E-state index >= 15 is 0 Å². The Hall–Kier alpha value is -3.08. The molecule has 0 radical (unpaired) electrons. The van der Waals surface area contributed by atoms with Crippen molar-refractivity contribution in [1.29, 1.82) is 0 Å². The van der Waals surface area contributed by atoms with Crippen LogP contribution in [0.3, 0.4) is 0 Å². The first kappa shape index (κ1) is 23.6. The largest absolute Gasteiger partial charge is 0.361 e. The lowest BCUT2D eigenvalue weighted by molar-refractivity contribution is -0.141. The molecular weight excluding hydrogens is 398 g/mol. The summed E-state index contributed by atoms with van der Waals surface area (Å²) in [5.41, 5.74) is 4.61. The van der Waals surface area contributed by atoms with Crippen LogP contribution >= 0.6 is 0 Å². The molecule has 0 fully saturated rings. The van der Waals surface area contributed by atoms with Crippen LogP contribution in [0.25, 0.3) is 10.9 Å². The summed E-state index contributed by atoms with van der Waals surface area (Å²) in [6, 6.07) is 16.5. The molecule has 5 heteroatoms. The number of rotatable bonds is 11. The van der Waals surface area contributed by atoms with Gasteiger partial charge in [0.25, 0.3) is 0 Å². The average molecular weight is 434 g/mol. The van der Waals surface area contributed by atoms with E-state index < -0.39 is 0 Å². The Morgan fingerprint density at radius 1 is 0.875 bits per heavy atom. The third-order valence-electron chi connectivity index (χ3n) is 5.81. The Labute approximate surface area is 191 Å². The molecule has 5 nitrogen and oxygen atoms in total. The molecule has 0 aliphatic rings. The monoisotopic (exact) mass is 433 g/mol. The van der Waals surface area contributed by atoms with Crippen molar-refractivity contribution in [1.82, 2.24) is 14.8 Å². The van der Waals surface area contributed by atoms with E-state index in [1.54, 1.807) is 4.90 Å². The van der Waals surface area contributed by atoms with E-state index in [-0.39, 0.29) is 18.4 Å². The molecule has 2 amide bonds. The summed E-state index contributed by atoms with van der Waals surface area (Å²) < 4.78 is 0. The van der Waals surface area contributed by atoms with Gasteiger partial charge in [0.1, 0.15) is 0 Å². The van der Waals surface area contributed by atoms with E-state index in [1.165, 1.54) is 16.5 Å². The highest BCUT2D eigenvalue weighted by atomic mass is 16.2. The summed E-state index contributed by atoms with van der Waals surface area (Å²) in [5.74, 6) is 0.0675. The van der Waals surface area contributed by atoms with Crippen LogP contribution in [0.15, 0.2) is 54.7 Å². The zero-order valence-corrected chi connectivity index (χ0v) is 19.6. The number of carbonyl (C=O) groups excluding carboxylic acids is 2. The van der Waals surface area contributed by atoms with Crippen LogP contribution in [-0.2, 0) is 22.6 Å². The molecule has 0 bridgehead atoms. The second-order valence-corrected chi connectivity index (χ2v) is 8.48. The van der Waals surface area contributed by atoms with Crippen molar-refractivity contribution < 1.29 is 9.59 Å². The van der Waals surface area contributed by atoms with Gasteiger partial charge in [-0.25, -0.2) is 0 Å². The molecule has 3 rings (SSSR count). The molecule has 1 N–H and O–H groups in total. The van der Waals surface area contributed by atoms with Gasteiger partial charge >= 0.3 is 0 Å². The number of amides is 2. The molecule has 0 aliphatic heterocycles. The molecule has 0 aliphatic carbocycles. The van der Waals surface area contributed by atoms with Crippen molar-refractivity contribution >= 4 is 22.7 Å². The van der Waals surface area contributed by atoms with E-state index in [0.717, 1.165) is 30.3 Å². The van der Waals surface area contributed by atoms with Gasteiger partial charge in [0.2, 0.25) is 11.8 Å². The fraction of sp³-hybridized carbons (Fsp3) is 0.407. The Morgan fingerprint density at radius 2 is 1.62 bits per heavy atom. The summed E-state index contributed by atoms with van der Waals surface area (Å²) >= 11 is 0. The molecule has 0 spiro atoms. The predicted molar refractivity (Wildman–Crippen MR) is 130 cm³/mol. The number of nitrogens with one attached hydrogen (secondary N) is 1. The molecule has 32 heavy (non-hydrogen) atoms. The lowest BCUT2D eigenvalue weighted by Crippen LogP contribution is -2.43. The summed E-state index contributed by atoms with van der Waals surface area (Å²) in [6.45, 7) is 8.01. The third kappa shape index (κ3) is 6.22. The number of H-pyrrole nitrogens is 1. The molecule has 0 atom stereocenters. The number of benzene rings is 2. The maximum atomic E-state index is 13.4. The lowest BCUT2D eigenvalue weighted by Gasteiger charge is -2.28. The second kappa shape index (κ2) is 11.5. The summed E-state index contributed by atoms with van der Waals surface area (Å²) in [6.07, 6.45) is 4.92. The average Bonchev–Trinajstić information content (AvgIpc) is 3.21. The molecule has 3 aromatic rings. The van der Waals surface area contributed by atoms with Gasteiger partial charge in [0.05, 0.1) is 6.54 Å². The minimum Gasteiger partial charge on any atom is -0.361 e. The number of para-hydroxylation sites is 1. The minimum atomic E-state index is 0.00307. The second-order valence-electron chi connectivity index (χ2n) is 8.48. The van der Waals surface area contributed by atoms with Gasteiger partial charge in [-0.05, 0) is 43.4 Å². The molecule has 0 unspecified atom stereocenters. The Morgan fingerprint density at radius 3 is 2.34 bits per heavy atom. The topological polar surface area (TPSA) is 56.4 Å². The van der Waals surface area contributed by atoms with Gasteiger partial charge in [-0.15, -0.1) is 0 Å². The fourth-order valence-electron chi connectivity index (χ4n) is 4.00. The number of nitrogens with zero attached hydrogens (tertiary/aromatic N) is 2. The molecule has 1 aromatic heterocycles. The van der Waals surface area contributed by atoms with Gasteiger partial charge in [-0.3, -0.25) is 9.59 Å².